The summed E-state index contributed by atoms with van der Waals surface area (Å²) in [6, 6.07) is 14.2. The van der Waals surface area contributed by atoms with Crippen LogP contribution in [0.4, 0.5) is 13.2 Å². The van der Waals surface area contributed by atoms with Crippen LogP contribution in [0.1, 0.15) is 57.0 Å². The summed E-state index contributed by atoms with van der Waals surface area (Å²) in [6.45, 7) is 11.2. The van der Waals surface area contributed by atoms with Crippen molar-refractivity contribution in [2.45, 2.75) is 72.1 Å². The lowest BCUT2D eigenvalue weighted by Crippen LogP contribution is -2.44. The highest BCUT2D eigenvalue weighted by atomic mass is 19.4. The molecular weight excluding hydrogens is 605 g/mol. The monoisotopic (exact) mass is 654 g/mol. The first-order chi connectivity index (χ1) is 22.7. The molecule has 1 aliphatic heterocycles. The standard InChI is InChI=1S/C21H27N5O2.C9H11N.C2H3F3.C2H6.C2H2/c27-20(28)15-26-19-5-2-1-4-16(19)17-6-8-24-18(21(17)26)14-23-7-3-11-25-12-9-22-10-13-25;1-2-6-9-8(4-1)5-3-7-10-9;1-2(3,4)5;2*1-2/h1-2,4-6,8,22-23H,3,7,9-15H2,(H,27,28);3,5,7H,1-2,4,6H2;1H3;1-2H3;1-2H. The Kier molecular flexibility index (Phi) is 17.5. The van der Waals surface area contributed by atoms with Gasteiger partial charge in [0.05, 0.1) is 11.2 Å². The van der Waals surface area contributed by atoms with E-state index < -0.39 is 12.1 Å². The molecule has 4 heterocycles. The predicted octanol–water partition coefficient (Wildman–Crippen LogP) is 6.46. The van der Waals surface area contributed by atoms with Gasteiger partial charge in [-0.05, 0) is 69.0 Å². The molecule has 47 heavy (non-hydrogen) atoms. The highest BCUT2D eigenvalue weighted by molar-refractivity contribution is 6.09. The molecule has 6 rings (SSSR count). The summed E-state index contributed by atoms with van der Waals surface area (Å²) in [4.78, 5) is 22.8. The number of nitrogens with zero attached hydrogens (tertiary/aromatic N) is 4. The first kappa shape index (κ1) is 39.2. The third-order valence-electron chi connectivity index (χ3n) is 7.47. The van der Waals surface area contributed by atoms with Crippen molar-refractivity contribution in [3.63, 3.8) is 0 Å². The maximum absolute atomic E-state index is 11.4. The number of halogens is 3. The van der Waals surface area contributed by atoms with E-state index in [4.69, 9.17) is 0 Å². The van der Waals surface area contributed by atoms with Crippen molar-refractivity contribution in [2.24, 2.45) is 0 Å². The number of aryl methyl sites for hydroxylation is 2. The molecule has 0 radical (unpaired) electrons. The third kappa shape index (κ3) is 13.3. The minimum Gasteiger partial charge on any atom is -0.480 e. The molecule has 0 amide bonds. The van der Waals surface area contributed by atoms with Gasteiger partial charge in [-0.1, -0.05) is 38.1 Å². The van der Waals surface area contributed by atoms with Gasteiger partial charge in [0.1, 0.15) is 6.54 Å². The molecule has 0 bridgehead atoms. The van der Waals surface area contributed by atoms with Crippen molar-refractivity contribution >= 4 is 27.8 Å². The quantitative estimate of drug-likeness (QED) is 0.148. The van der Waals surface area contributed by atoms with Crippen LogP contribution in [0.2, 0.25) is 0 Å². The van der Waals surface area contributed by atoms with E-state index in [0.717, 1.165) is 73.2 Å². The Morgan fingerprint density at radius 3 is 2.34 bits per heavy atom. The molecule has 3 N–H and O–H groups in total. The second kappa shape index (κ2) is 21.0. The average Bonchev–Trinajstić information content (AvgIpc) is 3.40. The zero-order valence-electron chi connectivity index (χ0n) is 27.8. The van der Waals surface area contributed by atoms with Gasteiger partial charge in [0.25, 0.3) is 0 Å². The van der Waals surface area contributed by atoms with Gasteiger partial charge in [-0.25, -0.2) is 0 Å². The smallest absolute Gasteiger partial charge is 0.386 e. The number of pyridine rings is 2. The molecule has 0 spiro atoms. The summed E-state index contributed by atoms with van der Waals surface area (Å²) < 4.78 is 32.9. The minimum atomic E-state index is -4.00. The Labute approximate surface area is 276 Å². The summed E-state index contributed by atoms with van der Waals surface area (Å²) in [7, 11) is 0. The summed E-state index contributed by atoms with van der Waals surface area (Å²) in [5, 5.41) is 18.4. The Morgan fingerprint density at radius 1 is 0.979 bits per heavy atom. The van der Waals surface area contributed by atoms with E-state index in [2.05, 4.69) is 44.4 Å². The molecule has 1 aliphatic carbocycles. The fourth-order valence-corrected chi connectivity index (χ4v) is 5.60. The lowest BCUT2D eigenvalue weighted by molar-refractivity contribution is -0.137. The molecule has 4 aromatic rings. The molecule has 0 atom stereocenters. The van der Waals surface area contributed by atoms with Gasteiger partial charge in [0, 0.05) is 74.0 Å². The van der Waals surface area contributed by atoms with Crippen LogP contribution >= 0.6 is 0 Å². The number of para-hydroxylation sites is 1. The van der Waals surface area contributed by atoms with Gasteiger partial charge < -0.3 is 25.2 Å². The van der Waals surface area contributed by atoms with E-state index in [-0.39, 0.29) is 13.5 Å². The van der Waals surface area contributed by atoms with Gasteiger partial charge in [0.15, 0.2) is 0 Å². The molecule has 0 saturated carbocycles. The van der Waals surface area contributed by atoms with Crippen LogP contribution in [0.15, 0.2) is 54.9 Å². The molecule has 1 saturated heterocycles. The van der Waals surface area contributed by atoms with Crippen molar-refractivity contribution < 1.29 is 23.1 Å². The fraction of sp³-hybridized carbons (Fsp3) is 0.472. The van der Waals surface area contributed by atoms with Crippen LogP contribution in [0.3, 0.4) is 0 Å². The fourth-order valence-electron chi connectivity index (χ4n) is 5.60. The van der Waals surface area contributed by atoms with Gasteiger partial charge in [0.2, 0.25) is 0 Å². The molecule has 0 unspecified atom stereocenters. The number of aliphatic carboxylic acids is 1. The van der Waals surface area contributed by atoms with Crippen molar-refractivity contribution in [1.82, 2.24) is 30.1 Å². The van der Waals surface area contributed by atoms with E-state index in [1.807, 2.05) is 67.2 Å². The Bertz CT molecular complexity index is 1480. The number of rotatable bonds is 8. The molecule has 256 valence electrons. The molecule has 1 aromatic carbocycles. The zero-order chi connectivity index (χ0) is 34.7. The highest BCUT2D eigenvalue weighted by Gasteiger charge is 2.17. The van der Waals surface area contributed by atoms with E-state index in [1.54, 1.807) is 0 Å². The van der Waals surface area contributed by atoms with E-state index in [9.17, 15) is 23.1 Å². The lowest BCUT2D eigenvalue weighted by atomic mass is 9.96. The second-order valence-electron chi connectivity index (χ2n) is 10.9. The topological polar surface area (TPSA) is 95.3 Å². The maximum Gasteiger partial charge on any atom is 0.386 e. The number of aromatic nitrogens is 3. The van der Waals surface area contributed by atoms with Gasteiger partial charge >= 0.3 is 12.1 Å². The number of fused-ring (bicyclic) bond motifs is 4. The normalized spacial score (nSPS) is 14.1. The predicted molar refractivity (Wildman–Crippen MR) is 184 cm³/mol. The Morgan fingerprint density at radius 2 is 1.66 bits per heavy atom. The highest BCUT2D eigenvalue weighted by Crippen LogP contribution is 2.30. The van der Waals surface area contributed by atoms with Crippen molar-refractivity contribution in [1.29, 1.82) is 0 Å². The number of hydrogen-bond donors (Lipinski definition) is 3. The molecule has 11 heteroatoms. The van der Waals surface area contributed by atoms with Crippen LogP contribution in [-0.2, 0) is 30.7 Å². The largest absolute Gasteiger partial charge is 0.480 e. The number of alkyl halides is 3. The maximum atomic E-state index is 11.4. The van der Waals surface area contributed by atoms with Crippen molar-refractivity contribution in [3.05, 3.63) is 71.8 Å². The van der Waals surface area contributed by atoms with Crippen LogP contribution < -0.4 is 10.6 Å². The number of nitrogens with one attached hydrogen (secondary N) is 2. The minimum absolute atomic E-state index is 0.0638. The summed E-state index contributed by atoms with van der Waals surface area (Å²) >= 11 is 0. The molecule has 2 aliphatic rings. The number of hydrogen-bond acceptors (Lipinski definition) is 6. The molecule has 3 aromatic heterocycles. The first-order valence-corrected chi connectivity index (χ1v) is 16.2. The number of carbonyl (C=O) groups is 1. The van der Waals surface area contributed by atoms with Crippen LogP contribution in [0.25, 0.3) is 21.8 Å². The molecule has 8 nitrogen and oxygen atoms in total. The van der Waals surface area contributed by atoms with E-state index in [1.165, 1.54) is 36.9 Å². The van der Waals surface area contributed by atoms with Crippen molar-refractivity contribution in [2.75, 3.05) is 39.3 Å². The van der Waals surface area contributed by atoms with Gasteiger partial charge in [-0.3, -0.25) is 14.8 Å². The first-order valence-electron chi connectivity index (χ1n) is 16.2. The average molecular weight is 655 g/mol. The second-order valence-corrected chi connectivity index (χ2v) is 10.9. The number of terminal acetylenes is 1. The molecular formula is C36H49F3N6O2. The Balaban J connectivity index is 0.000000331. The number of carboxylic acid groups (broad SMARTS) is 1. The SMILES string of the molecule is C#C.CC.CC(F)(F)F.O=C(O)Cn1c2ccccc2c2ccnc(CNCCCN3CCNCC3)c21.c1cnc2c(c1)CCCC2. The van der Waals surface area contributed by atoms with Crippen molar-refractivity contribution in [3.8, 4) is 12.8 Å². The van der Waals surface area contributed by atoms with Crippen LogP contribution in [-0.4, -0.2) is 76.0 Å². The number of benzene rings is 1. The summed E-state index contributed by atoms with van der Waals surface area (Å²) in [5.41, 5.74) is 5.55. The third-order valence-corrected chi connectivity index (χ3v) is 7.47. The summed E-state index contributed by atoms with van der Waals surface area (Å²) in [5.74, 6) is -0.846. The van der Waals surface area contributed by atoms with Gasteiger partial charge in [-0.15, -0.1) is 12.8 Å². The number of piperazine rings is 1. The van der Waals surface area contributed by atoms with Crippen LogP contribution in [0, 0.1) is 12.8 Å². The zero-order valence-corrected chi connectivity index (χ0v) is 27.8. The molecule has 1 fully saturated rings. The van der Waals surface area contributed by atoms with Gasteiger partial charge in [-0.2, -0.15) is 13.2 Å². The van der Waals surface area contributed by atoms with Crippen LogP contribution in [0.5, 0.6) is 0 Å². The van der Waals surface area contributed by atoms with E-state index >= 15 is 0 Å². The van der Waals surface area contributed by atoms with E-state index in [0.29, 0.717) is 6.54 Å². The lowest BCUT2D eigenvalue weighted by Gasteiger charge is -2.27. The number of carboxylic acids is 1. The summed E-state index contributed by atoms with van der Waals surface area (Å²) in [6.07, 6.45) is 13.9. The Hall–Kier alpha value is -3.98.